The summed E-state index contributed by atoms with van der Waals surface area (Å²) in [6, 6.07) is 8.85. The van der Waals surface area contributed by atoms with Crippen LogP contribution in [-0.2, 0) is 4.74 Å². The van der Waals surface area contributed by atoms with Gasteiger partial charge in [-0.1, -0.05) is 50.5 Å². The third-order valence-corrected chi connectivity index (χ3v) is 5.06. The summed E-state index contributed by atoms with van der Waals surface area (Å²) in [5.41, 5.74) is 1.48. The van der Waals surface area contributed by atoms with Crippen LogP contribution in [0.3, 0.4) is 0 Å². The predicted molar refractivity (Wildman–Crippen MR) is 102 cm³/mol. The van der Waals surface area contributed by atoms with E-state index in [4.69, 9.17) is 9.47 Å². The SMILES string of the molecule is CCCCCCOc1ccc([C@H]2CC[C@H](C=CCOC)CC2)cc1. The first kappa shape index (κ1) is 19.1. The second-order valence-electron chi connectivity index (χ2n) is 6.97. The number of unbranched alkanes of at least 4 members (excludes halogenated alkanes) is 3. The molecule has 134 valence electrons. The quantitative estimate of drug-likeness (QED) is 0.380. The summed E-state index contributed by atoms with van der Waals surface area (Å²) >= 11 is 0. The summed E-state index contributed by atoms with van der Waals surface area (Å²) in [7, 11) is 1.75. The molecule has 0 atom stereocenters. The van der Waals surface area contributed by atoms with E-state index in [0.29, 0.717) is 0 Å². The molecule has 0 unspecified atom stereocenters. The van der Waals surface area contributed by atoms with Crippen molar-refractivity contribution < 1.29 is 9.47 Å². The molecule has 0 aliphatic heterocycles. The van der Waals surface area contributed by atoms with Crippen molar-refractivity contribution in [2.45, 2.75) is 64.2 Å². The average Bonchev–Trinajstić information content (AvgIpc) is 2.63. The Morgan fingerprint density at radius 1 is 1.00 bits per heavy atom. The van der Waals surface area contributed by atoms with Crippen LogP contribution in [0.15, 0.2) is 36.4 Å². The van der Waals surface area contributed by atoms with E-state index in [1.54, 1.807) is 7.11 Å². The standard InChI is InChI=1S/C22H34O2/c1-3-4-5-6-18-24-22-15-13-21(14-16-22)20-11-9-19(10-12-20)8-7-17-23-2/h7-8,13-16,19-20H,3-6,9-12,17-18H2,1-2H3/t19-,20-. The highest BCUT2D eigenvalue weighted by Gasteiger charge is 2.20. The molecule has 0 N–H and O–H groups in total. The van der Waals surface area contributed by atoms with Crippen molar-refractivity contribution in [3.63, 3.8) is 0 Å². The second kappa shape index (κ2) is 11.3. The summed E-state index contributed by atoms with van der Waals surface area (Å²) in [4.78, 5) is 0. The maximum Gasteiger partial charge on any atom is 0.119 e. The van der Waals surface area contributed by atoms with Crippen LogP contribution >= 0.6 is 0 Å². The third kappa shape index (κ3) is 6.68. The van der Waals surface area contributed by atoms with Gasteiger partial charge in [0.25, 0.3) is 0 Å². The average molecular weight is 331 g/mol. The topological polar surface area (TPSA) is 18.5 Å². The maximum atomic E-state index is 5.85. The van der Waals surface area contributed by atoms with Crippen LogP contribution in [0, 0.1) is 5.92 Å². The van der Waals surface area contributed by atoms with Crippen molar-refractivity contribution in [3.8, 4) is 5.75 Å². The van der Waals surface area contributed by atoms with Gasteiger partial charge in [0.15, 0.2) is 0 Å². The normalized spacial score (nSPS) is 21.2. The number of hydrogen-bond donors (Lipinski definition) is 0. The van der Waals surface area contributed by atoms with E-state index in [2.05, 4.69) is 43.3 Å². The summed E-state index contributed by atoms with van der Waals surface area (Å²) in [5, 5.41) is 0. The fourth-order valence-corrected chi connectivity index (χ4v) is 3.54. The number of hydrogen-bond acceptors (Lipinski definition) is 2. The molecule has 1 aliphatic carbocycles. The van der Waals surface area contributed by atoms with E-state index in [1.165, 1.54) is 50.5 Å². The molecule has 1 aliphatic rings. The first-order chi connectivity index (χ1) is 11.8. The maximum absolute atomic E-state index is 5.85. The summed E-state index contributed by atoms with van der Waals surface area (Å²) in [6.45, 7) is 3.82. The Kier molecular flexibility index (Phi) is 8.97. The fraction of sp³-hybridized carbons (Fsp3) is 0.636. The number of allylic oxidation sites excluding steroid dienone is 1. The minimum Gasteiger partial charge on any atom is -0.494 e. The molecule has 2 heteroatoms. The zero-order valence-electron chi connectivity index (χ0n) is 15.5. The Morgan fingerprint density at radius 2 is 1.75 bits per heavy atom. The van der Waals surface area contributed by atoms with Crippen LogP contribution in [0.4, 0.5) is 0 Å². The van der Waals surface area contributed by atoms with Gasteiger partial charge in [-0.05, 0) is 61.6 Å². The van der Waals surface area contributed by atoms with Gasteiger partial charge in [-0.25, -0.2) is 0 Å². The number of rotatable bonds is 10. The Morgan fingerprint density at radius 3 is 2.42 bits per heavy atom. The first-order valence-electron chi connectivity index (χ1n) is 9.71. The van der Waals surface area contributed by atoms with Crippen LogP contribution in [-0.4, -0.2) is 20.3 Å². The molecule has 0 amide bonds. The van der Waals surface area contributed by atoms with Gasteiger partial charge in [0.05, 0.1) is 13.2 Å². The van der Waals surface area contributed by atoms with Crippen molar-refractivity contribution in [1.82, 2.24) is 0 Å². The molecule has 0 aromatic heterocycles. The lowest BCUT2D eigenvalue weighted by atomic mass is 9.78. The Balaban J connectivity index is 1.72. The molecule has 2 nitrogen and oxygen atoms in total. The lowest BCUT2D eigenvalue weighted by Gasteiger charge is -2.27. The van der Waals surface area contributed by atoms with Crippen LogP contribution < -0.4 is 4.74 Å². The molecule has 0 bridgehead atoms. The van der Waals surface area contributed by atoms with Gasteiger partial charge in [-0.2, -0.15) is 0 Å². The Bertz CT molecular complexity index is 455. The molecule has 0 saturated heterocycles. The fourth-order valence-electron chi connectivity index (χ4n) is 3.54. The van der Waals surface area contributed by atoms with Crippen LogP contribution in [0.2, 0.25) is 0 Å². The number of benzene rings is 1. The summed E-state index contributed by atoms with van der Waals surface area (Å²) in [6.07, 6.45) is 14.7. The van der Waals surface area contributed by atoms with Gasteiger partial charge in [0.2, 0.25) is 0 Å². The summed E-state index contributed by atoms with van der Waals surface area (Å²) in [5.74, 6) is 2.48. The molecular weight excluding hydrogens is 296 g/mol. The van der Waals surface area contributed by atoms with Crippen molar-refractivity contribution in [2.75, 3.05) is 20.3 Å². The molecule has 0 heterocycles. The largest absolute Gasteiger partial charge is 0.494 e. The highest BCUT2D eigenvalue weighted by Crippen LogP contribution is 2.36. The first-order valence-corrected chi connectivity index (χ1v) is 9.71. The molecule has 2 rings (SSSR count). The van der Waals surface area contributed by atoms with Gasteiger partial charge < -0.3 is 9.47 Å². The molecule has 24 heavy (non-hydrogen) atoms. The van der Waals surface area contributed by atoms with Gasteiger partial charge in [0.1, 0.15) is 5.75 Å². The minimum atomic E-state index is 0.718. The van der Waals surface area contributed by atoms with Crippen LogP contribution in [0.5, 0.6) is 5.75 Å². The zero-order valence-corrected chi connectivity index (χ0v) is 15.5. The number of methoxy groups -OCH3 is 1. The van der Waals surface area contributed by atoms with E-state index in [-0.39, 0.29) is 0 Å². The highest BCUT2D eigenvalue weighted by atomic mass is 16.5. The van der Waals surface area contributed by atoms with E-state index in [1.807, 2.05) is 0 Å². The van der Waals surface area contributed by atoms with Crippen molar-refractivity contribution >= 4 is 0 Å². The summed E-state index contributed by atoms with van der Waals surface area (Å²) < 4.78 is 10.9. The molecule has 1 aromatic rings. The second-order valence-corrected chi connectivity index (χ2v) is 6.97. The van der Waals surface area contributed by atoms with E-state index < -0.39 is 0 Å². The molecule has 0 radical (unpaired) electrons. The van der Waals surface area contributed by atoms with Crippen LogP contribution in [0.1, 0.15) is 69.8 Å². The third-order valence-electron chi connectivity index (χ3n) is 5.06. The van der Waals surface area contributed by atoms with Crippen molar-refractivity contribution in [1.29, 1.82) is 0 Å². The molecule has 1 fully saturated rings. The smallest absolute Gasteiger partial charge is 0.119 e. The van der Waals surface area contributed by atoms with Crippen LogP contribution in [0.25, 0.3) is 0 Å². The number of ether oxygens (including phenoxy) is 2. The van der Waals surface area contributed by atoms with Gasteiger partial charge in [-0.3, -0.25) is 0 Å². The van der Waals surface area contributed by atoms with E-state index >= 15 is 0 Å². The van der Waals surface area contributed by atoms with E-state index in [9.17, 15) is 0 Å². The minimum absolute atomic E-state index is 0.718. The Hall–Kier alpha value is -1.28. The molecular formula is C22H34O2. The van der Waals surface area contributed by atoms with Gasteiger partial charge in [0, 0.05) is 7.11 Å². The molecule has 1 aromatic carbocycles. The van der Waals surface area contributed by atoms with Crippen molar-refractivity contribution in [3.05, 3.63) is 42.0 Å². The van der Waals surface area contributed by atoms with E-state index in [0.717, 1.165) is 37.2 Å². The Labute approximate surface area is 148 Å². The monoisotopic (exact) mass is 330 g/mol. The molecule has 1 saturated carbocycles. The predicted octanol–water partition coefficient (Wildman–Crippen LogP) is 6.12. The lowest BCUT2D eigenvalue weighted by Crippen LogP contribution is -2.11. The zero-order chi connectivity index (χ0) is 17.0. The molecule has 0 spiro atoms. The highest BCUT2D eigenvalue weighted by molar-refractivity contribution is 5.29. The van der Waals surface area contributed by atoms with Crippen molar-refractivity contribution in [2.24, 2.45) is 5.92 Å². The lowest BCUT2D eigenvalue weighted by molar-refractivity contribution is 0.233. The van der Waals surface area contributed by atoms with Gasteiger partial charge >= 0.3 is 0 Å². The van der Waals surface area contributed by atoms with Gasteiger partial charge in [-0.15, -0.1) is 0 Å².